The predicted octanol–water partition coefficient (Wildman–Crippen LogP) is -0.796. The minimum Gasteiger partial charge on any atom is -0.497 e. The first kappa shape index (κ1) is 14.8. The molecular weight excluding hydrogens is 236 g/mol. The molecule has 0 amide bonds. The second kappa shape index (κ2) is 6.65. The molecule has 1 rings (SSSR count). The number of aliphatic hydroxyl groups excluding tert-OH is 3. The Kier molecular flexibility index (Phi) is 5.49. The summed E-state index contributed by atoms with van der Waals surface area (Å²) in [6, 6.07) is 3.57. The second-order valence-corrected chi connectivity index (χ2v) is 4.25. The Morgan fingerprint density at radius 1 is 1.22 bits per heavy atom. The van der Waals surface area contributed by atoms with Crippen molar-refractivity contribution >= 4 is 0 Å². The standard InChI is InChI=1S/C12H20N2O4/c1-9-3-11(18-2)4-10(14-9)5-13-12(6-15,7-16)8-17/h3-4,13,15-17H,5-8H2,1-2H3. The lowest BCUT2D eigenvalue weighted by Gasteiger charge is -2.28. The zero-order valence-corrected chi connectivity index (χ0v) is 10.7. The van der Waals surface area contributed by atoms with Gasteiger partial charge in [0.2, 0.25) is 0 Å². The van der Waals surface area contributed by atoms with E-state index >= 15 is 0 Å². The van der Waals surface area contributed by atoms with Gasteiger partial charge >= 0.3 is 0 Å². The van der Waals surface area contributed by atoms with Crippen LogP contribution >= 0.6 is 0 Å². The Hall–Kier alpha value is -1.21. The fourth-order valence-corrected chi connectivity index (χ4v) is 1.51. The van der Waals surface area contributed by atoms with Gasteiger partial charge in [-0.1, -0.05) is 0 Å². The number of aryl methyl sites for hydroxylation is 1. The molecule has 0 saturated carbocycles. The Balaban J connectivity index is 2.76. The summed E-state index contributed by atoms with van der Waals surface area (Å²) in [4.78, 5) is 4.30. The van der Waals surface area contributed by atoms with Crippen LogP contribution in [0.2, 0.25) is 0 Å². The van der Waals surface area contributed by atoms with Gasteiger partial charge in [-0.3, -0.25) is 10.3 Å². The van der Waals surface area contributed by atoms with E-state index in [1.807, 2.05) is 6.92 Å². The van der Waals surface area contributed by atoms with Crippen molar-refractivity contribution in [1.29, 1.82) is 0 Å². The number of nitrogens with zero attached hydrogens (tertiary/aromatic N) is 1. The first-order valence-electron chi connectivity index (χ1n) is 5.68. The van der Waals surface area contributed by atoms with Crippen LogP contribution in [0, 0.1) is 6.92 Å². The number of ether oxygens (including phenoxy) is 1. The van der Waals surface area contributed by atoms with Crippen LogP contribution in [0.25, 0.3) is 0 Å². The van der Waals surface area contributed by atoms with Gasteiger partial charge in [0.05, 0.1) is 38.2 Å². The molecule has 0 aliphatic carbocycles. The maximum Gasteiger partial charge on any atom is 0.122 e. The molecule has 0 aliphatic rings. The monoisotopic (exact) mass is 256 g/mol. The molecule has 0 atom stereocenters. The quantitative estimate of drug-likeness (QED) is 0.510. The first-order chi connectivity index (χ1) is 8.59. The molecule has 0 radical (unpaired) electrons. The summed E-state index contributed by atoms with van der Waals surface area (Å²) < 4.78 is 5.13. The largest absolute Gasteiger partial charge is 0.497 e. The van der Waals surface area contributed by atoms with Gasteiger partial charge in [0.15, 0.2) is 0 Å². The molecule has 102 valence electrons. The minimum atomic E-state index is -1.10. The summed E-state index contributed by atoms with van der Waals surface area (Å²) in [6.07, 6.45) is 0. The third-order valence-corrected chi connectivity index (χ3v) is 2.77. The highest BCUT2D eigenvalue weighted by Crippen LogP contribution is 2.14. The maximum atomic E-state index is 9.18. The fourth-order valence-electron chi connectivity index (χ4n) is 1.51. The topological polar surface area (TPSA) is 94.8 Å². The highest BCUT2D eigenvalue weighted by molar-refractivity contribution is 5.26. The van der Waals surface area contributed by atoms with Gasteiger partial charge in [0, 0.05) is 24.4 Å². The third kappa shape index (κ3) is 3.64. The summed E-state index contributed by atoms with van der Waals surface area (Å²) in [7, 11) is 1.57. The number of nitrogens with one attached hydrogen (secondary N) is 1. The molecule has 0 bridgehead atoms. The molecule has 1 heterocycles. The van der Waals surface area contributed by atoms with Crippen molar-refractivity contribution < 1.29 is 20.1 Å². The van der Waals surface area contributed by atoms with Gasteiger partial charge in [0.1, 0.15) is 5.75 Å². The van der Waals surface area contributed by atoms with Gasteiger partial charge in [0.25, 0.3) is 0 Å². The summed E-state index contributed by atoms with van der Waals surface area (Å²) in [5, 5.41) is 30.5. The van der Waals surface area contributed by atoms with E-state index in [1.165, 1.54) is 0 Å². The van der Waals surface area contributed by atoms with Crippen molar-refractivity contribution in [2.75, 3.05) is 26.9 Å². The van der Waals surface area contributed by atoms with E-state index in [4.69, 9.17) is 4.74 Å². The zero-order valence-electron chi connectivity index (χ0n) is 10.7. The number of pyridine rings is 1. The Morgan fingerprint density at radius 3 is 2.33 bits per heavy atom. The number of aromatic nitrogens is 1. The molecular formula is C12H20N2O4. The Bertz CT molecular complexity index is 372. The van der Waals surface area contributed by atoms with E-state index in [2.05, 4.69) is 10.3 Å². The van der Waals surface area contributed by atoms with Crippen LogP contribution in [0.1, 0.15) is 11.4 Å². The van der Waals surface area contributed by atoms with Gasteiger partial charge in [-0.05, 0) is 6.92 Å². The van der Waals surface area contributed by atoms with E-state index in [0.717, 1.165) is 5.69 Å². The van der Waals surface area contributed by atoms with Crippen molar-refractivity contribution in [2.24, 2.45) is 0 Å². The first-order valence-corrected chi connectivity index (χ1v) is 5.68. The molecule has 0 fully saturated rings. The van der Waals surface area contributed by atoms with Gasteiger partial charge in [-0.2, -0.15) is 0 Å². The predicted molar refractivity (Wildman–Crippen MR) is 66.4 cm³/mol. The summed E-state index contributed by atoms with van der Waals surface area (Å²) in [5.41, 5.74) is 0.430. The van der Waals surface area contributed by atoms with Crippen LogP contribution in [-0.2, 0) is 6.54 Å². The van der Waals surface area contributed by atoms with Gasteiger partial charge < -0.3 is 20.1 Å². The van der Waals surface area contributed by atoms with E-state index in [9.17, 15) is 15.3 Å². The highest BCUT2D eigenvalue weighted by atomic mass is 16.5. The van der Waals surface area contributed by atoms with Crippen LogP contribution in [0.3, 0.4) is 0 Å². The molecule has 6 heteroatoms. The fraction of sp³-hybridized carbons (Fsp3) is 0.583. The van der Waals surface area contributed by atoms with Crippen LogP contribution in [-0.4, -0.2) is 52.8 Å². The lowest BCUT2D eigenvalue weighted by atomic mass is 10.0. The smallest absolute Gasteiger partial charge is 0.122 e. The molecule has 0 spiro atoms. The van der Waals surface area contributed by atoms with E-state index in [1.54, 1.807) is 19.2 Å². The number of hydrogen-bond acceptors (Lipinski definition) is 6. The van der Waals surface area contributed by atoms with Crippen molar-refractivity contribution in [2.45, 2.75) is 19.0 Å². The normalized spacial score (nSPS) is 11.6. The van der Waals surface area contributed by atoms with Crippen LogP contribution in [0.4, 0.5) is 0 Å². The summed E-state index contributed by atoms with van der Waals surface area (Å²) >= 11 is 0. The average molecular weight is 256 g/mol. The number of rotatable bonds is 7. The van der Waals surface area contributed by atoms with E-state index < -0.39 is 5.54 Å². The van der Waals surface area contributed by atoms with Crippen molar-refractivity contribution in [3.05, 3.63) is 23.5 Å². The molecule has 0 aliphatic heterocycles. The van der Waals surface area contributed by atoms with Crippen molar-refractivity contribution in [3.63, 3.8) is 0 Å². The molecule has 1 aromatic rings. The van der Waals surface area contributed by atoms with Gasteiger partial charge in [-0.25, -0.2) is 0 Å². The van der Waals surface area contributed by atoms with Crippen molar-refractivity contribution in [1.82, 2.24) is 10.3 Å². The van der Waals surface area contributed by atoms with Crippen LogP contribution < -0.4 is 10.1 Å². The average Bonchev–Trinajstić information content (AvgIpc) is 2.40. The zero-order chi connectivity index (χ0) is 13.6. The number of hydrogen-bond donors (Lipinski definition) is 4. The molecule has 0 saturated heterocycles. The molecule has 0 unspecified atom stereocenters. The van der Waals surface area contributed by atoms with Gasteiger partial charge in [-0.15, -0.1) is 0 Å². The Morgan fingerprint density at radius 2 is 1.83 bits per heavy atom. The third-order valence-electron chi connectivity index (χ3n) is 2.77. The molecule has 0 aromatic carbocycles. The maximum absolute atomic E-state index is 9.18. The van der Waals surface area contributed by atoms with E-state index in [-0.39, 0.29) is 19.8 Å². The Labute approximate surface area is 106 Å². The SMILES string of the molecule is COc1cc(C)nc(CNC(CO)(CO)CO)c1. The number of aliphatic hydroxyl groups is 3. The van der Waals surface area contributed by atoms with Crippen LogP contribution in [0.15, 0.2) is 12.1 Å². The highest BCUT2D eigenvalue weighted by Gasteiger charge is 2.27. The molecule has 6 nitrogen and oxygen atoms in total. The lowest BCUT2D eigenvalue weighted by molar-refractivity contribution is 0.0411. The van der Waals surface area contributed by atoms with E-state index in [0.29, 0.717) is 18.0 Å². The summed E-state index contributed by atoms with van der Waals surface area (Å²) in [5.74, 6) is 0.696. The summed E-state index contributed by atoms with van der Waals surface area (Å²) in [6.45, 7) is 1.10. The second-order valence-electron chi connectivity index (χ2n) is 4.25. The van der Waals surface area contributed by atoms with Crippen LogP contribution in [0.5, 0.6) is 5.75 Å². The minimum absolute atomic E-state index is 0.319. The van der Waals surface area contributed by atoms with Crippen molar-refractivity contribution in [3.8, 4) is 5.75 Å². The number of methoxy groups -OCH3 is 1. The molecule has 4 N–H and O–H groups in total. The lowest BCUT2D eigenvalue weighted by Crippen LogP contribution is -2.54. The molecule has 18 heavy (non-hydrogen) atoms. The molecule has 1 aromatic heterocycles.